The molecular formula is C19H16Cl2N2OS2. The van der Waals surface area contributed by atoms with E-state index in [1.54, 1.807) is 29.2 Å². The molecule has 0 unspecified atom stereocenters. The van der Waals surface area contributed by atoms with Crippen molar-refractivity contribution < 1.29 is 0 Å². The molecule has 0 saturated heterocycles. The molecule has 134 valence electrons. The van der Waals surface area contributed by atoms with E-state index in [4.69, 9.17) is 23.2 Å². The van der Waals surface area contributed by atoms with Crippen LogP contribution in [-0.4, -0.2) is 9.55 Å². The Hall–Kier alpha value is -1.27. The van der Waals surface area contributed by atoms with E-state index in [0.29, 0.717) is 22.3 Å². The van der Waals surface area contributed by atoms with Crippen LogP contribution in [0.5, 0.6) is 0 Å². The number of rotatable bonds is 5. The Labute approximate surface area is 170 Å². The highest BCUT2D eigenvalue weighted by Crippen LogP contribution is 2.32. The van der Waals surface area contributed by atoms with Crippen LogP contribution in [0.25, 0.3) is 0 Å². The molecule has 0 aliphatic heterocycles. The molecule has 2 heterocycles. The molecule has 2 aromatic heterocycles. The van der Waals surface area contributed by atoms with E-state index in [2.05, 4.69) is 11.1 Å². The highest BCUT2D eigenvalue weighted by Gasteiger charge is 2.22. The van der Waals surface area contributed by atoms with Gasteiger partial charge in [0.25, 0.3) is 0 Å². The van der Waals surface area contributed by atoms with Crippen LogP contribution >= 0.6 is 46.3 Å². The fourth-order valence-electron chi connectivity index (χ4n) is 3.21. The molecule has 7 heteroatoms. The Balaban J connectivity index is 1.61. The van der Waals surface area contributed by atoms with Gasteiger partial charge in [0.15, 0.2) is 0 Å². The van der Waals surface area contributed by atoms with Gasteiger partial charge in [0.2, 0.25) is 0 Å². The lowest BCUT2D eigenvalue weighted by molar-refractivity contribution is 0.673. The van der Waals surface area contributed by atoms with Gasteiger partial charge in [-0.05, 0) is 48.4 Å². The van der Waals surface area contributed by atoms with Gasteiger partial charge in [-0.25, -0.2) is 4.79 Å². The molecule has 3 nitrogen and oxygen atoms in total. The summed E-state index contributed by atoms with van der Waals surface area (Å²) < 4.78 is 1.84. The normalized spacial score (nSPS) is 13.2. The lowest BCUT2D eigenvalue weighted by Gasteiger charge is -2.13. The van der Waals surface area contributed by atoms with Crippen molar-refractivity contribution >= 4 is 46.3 Å². The molecule has 0 spiro atoms. The third-order valence-electron chi connectivity index (χ3n) is 4.45. The largest absolute Gasteiger partial charge is 0.349 e. The fraction of sp³-hybridized carbons (Fsp3) is 0.263. The fourth-order valence-corrected chi connectivity index (χ4v) is 5.24. The number of thioether (sulfide) groups is 1. The zero-order valence-corrected chi connectivity index (χ0v) is 17.0. The lowest BCUT2D eigenvalue weighted by atomic mass is 10.2. The number of fused-ring (bicyclic) bond motifs is 1. The third kappa shape index (κ3) is 3.72. The summed E-state index contributed by atoms with van der Waals surface area (Å²) in [7, 11) is 0. The number of hydrogen-bond donors (Lipinski definition) is 0. The van der Waals surface area contributed by atoms with E-state index in [-0.39, 0.29) is 5.69 Å². The van der Waals surface area contributed by atoms with Crippen LogP contribution in [0.1, 0.15) is 28.1 Å². The summed E-state index contributed by atoms with van der Waals surface area (Å²) in [5.41, 5.74) is 3.29. The summed E-state index contributed by atoms with van der Waals surface area (Å²) in [5, 5.41) is 4.00. The number of benzene rings is 1. The number of halogens is 2. The van der Waals surface area contributed by atoms with Gasteiger partial charge in [-0.1, -0.05) is 35.3 Å². The molecule has 3 aromatic rings. The Morgan fingerprint density at radius 2 is 2.08 bits per heavy atom. The Bertz CT molecular complexity index is 1000. The summed E-state index contributed by atoms with van der Waals surface area (Å²) in [6.45, 7) is 0.615. The van der Waals surface area contributed by atoms with E-state index in [1.165, 1.54) is 10.4 Å². The van der Waals surface area contributed by atoms with Gasteiger partial charge >= 0.3 is 5.69 Å². The molecule has 0 atom stereocenters. The maximum absolute atomic E-state index is 12.6. The predicted molar refractivity (Wildman–Crippen MR) is 110 cm³/mol. The van der Waals surface area contributed by atoms with Gasteiger partial charge in [-0.15, -0.1) is 23.1 Å². The second kappa shape index (κ2) is 7.77. The van der Waals surface area contributed by atoms with Crippen molar-refractivity contribution in [3.8, 4) is 0 Å². The SMILES string of the molecule is O=c1nc(SCc2ccc(Cl)c(Cl)c2)c2c(n1Cc1cccs1)CCC2. The molecule has 0 fully saturated rings. The highest BCUT2D eigenvalue weighted by atomic mass is 35.5. The minimum absolute atomic E-state index is 0.157. The first kappa shape index (κ1) is 18.1. The third-order valence-corrected chi connectivity index (χ3v) is 7.14. The van der Waals surface area contributed by atoms with Crippen molar-refractivity contribution in [3.05, 3.63) is 77.9 Å². The Morgan fingerprint density at radius 1 is 1.19 bits per heavy atom. The highest BCUT2D eigenvalue weighted by molar-refractivity contribution is 7.98. The van der Waals surface area contributed by atoms with Crippen molar-refractivity contribution in [1.29, 1.82) is 0 Å². The number of aromatic nitrogens is 2. The van der Waals surface area contributed by atoms with E-state index in [1.807, 2.05) is 28.1 Å². The molecular weight excluding hydrogens is 407 g/mol. The average molecular weight is 423 g/mol. The number of hydrogen-bond acceptors (Lipinski definition) is 4. The molecule has 0 saturated carbocycles. The van der Waals surface area contributed by atoms with Crippen molar-refractivity contribution in [3.63, 3.8) is 0 Å². The van der Waals surface area contributed by atoms with Crippen molar-refractivity contribution in [2.24, 2.45) is 0 Å². The molecule has 1 aliphatic rings. The van der Waals surface area contributed by atoms with Crippen LogP contribution in [0.3, 0.4) is 0 Å². The van der Waals surface area contributed by atoms with E-state index < -0.39 is 0 Å². The summed E-state index contributed by atoms with van der Waals surface area (Å²) in [4.78, 5) is 18.2. The van der Waals surface area contributed by atoms with Gasteiger partial charge in [-0.3, -0.25) is 4.57 Å². The van der Waals surface area contributed by atoms with Gasteiger partial charge < -0.3 is 0 Å². The Morgan fingerprint density at radius 3 is 2.85 bits per heavy atom. The van der Waals surface area contributed by atoms with Gasteiger partial charge in [0.05, 0.1) is 16.6 Å². The van der Waals surface area contributed by atoms with Crippen LogP contribution in [0.4, 0.5) is 0 Å². The molecule has 26 heavy (non-hydrogen) atoms. The average Bonchev–Trinajstić information content (AvgIpc) is 3.30. The van der Waals surface area contributed by atoms with Crippen molar-refractivity contribution in [1.82, 2.24) is 9.55 Å². The first-order valence-electron chi connectivity index (χ1n) is 8.33. The van der Waals surface area contributed by atoms with Crippen molar-refractivity contribution in [2.45, 2.75) is 36.6 Å². The van der Waals surface area contributed by atoms with Crippen LogP contribution in [0, 0.1) is 0 Å². The Kier molecular flexibility index (Phi) is 5.41. The van der Waals surface area contributed by atoms with Gasteiger partial charge in [0.1, 0.15) is 5.03 Å². The van der Waals surface area contributed by atoms with Crippen LogP contribution < -0.4 is 5.69 Å². The van der Waals surface area contributed by atoms with Crippen molar-refractivity contribution in [2.75, 3.05) is 0 Å². The second-order valence-corrected chi connectivity index (χ2v) is 8.99. The summed E-state index contributed by atoms with van der Waals surface area (Å²) >= 11 is 15.3. The molecule has 0 bridgehead atoms. The number of nitrogens with zero attached hydrogens (tertiary/aromatic N) is 2. The zero-order chi connectivity index (χ0) is 18.1. The predicted octanol–water partition coefficient (Wildman–Crippen LogP) is 5.44. The van der Waals surface area contributed by atoms with Gasteiger partial charge in [0, 0.05) is 21.9 Å². The maximum Gasteiger partial charge on any atom is 0.349 e. The topological polar surface area (TPSA) is 34.9 Å². The smallest absolute Gasteiger partial charge is 0.291 e. The first-order chi connectivity index (χ1) is 12.6. The van der Waals surface area contributed by atoms with Crippen LogP contribution in [0.15, 0.2) is 45.5 Å². The summed E-state index contributed by atoms with van der Waals surface area (Å²) in [5.74, 6) is 0.713. The van der Waals surface area contributed by atoms with Crippen LogP contribution in [0.2, 0.25) is 10.0 Å². The van der Waals surface area contributed by atoms with Gasteiger partial charge in [-0.2, -0.15) is 4.98 Å². The zero-order valence-electron chi connectivity index (χ0n) is 13.9. The minimum Gasteiger partial charge on any atom is -0.291 e. The molecule has 0 radical (unpaired) electrons. The molecule has 1 aromatic carbocycles. The number of thiophene rings is 1. The summed E-state index contributed by atoms with van der Waals surface area (Å²) in [6, 6.07) is 9.71. The second-order valence-electron chi connectivity index (χ2n) is 6.18. The minimum atomic E-state index is -0.157. The maximum atomic E-state index is 12.6. The standard InChI is InChI=1S/C19H16Cl2N2OS2/c20-15-7-6-12(9-16(15)21)11-26-18-14-4-1-5-17(14)23(19(24)22-18)10-13-3-2-8-25-13/h2-3,6-9H,1,4-5,10-11H2. The summed E-state index contributed by atoms with van der Waals surface area (Å²) in [6.07, 6.45) is 3.00. The monoisotopic (exact) mass is 422 g/mol. The van der Waals surface area contributed by atoms with E-state index >= 15 is 0 Å². The lowest BCUT2D eigenvalue weighted by Crippen LogP contribution is -2.27. The quantitative estimate of drug-likeness (QED) is 0.405. The molecule has 4 rings (SSSR count). The van der Waals surface area contributed by atoms with E-state index in [9.17, 15) is 4.79 Å². The van der Waals surface area contributed by atoms with E-state index in [0.717, 1.165) is 35.5 Å². The van der Waals surface area contributed by atoms with Crippen LogP contribution in [-0.2, 0) is 25.1 Å². The first-order valence-corrected chi connectivity index (χ1v) is 11.0. The molecule has 0 N–H and O–H groups in total. The molecule has 0 amide bonds. The molecule has 1 aliphatic carbocycles.